The Bertz CT molecular complexity index is 1500. The van der Waals surface area contributed by atoms with Crippen molar-refractivity contribution >= 4 is 28.4 Å². The maximum atomic E-state index is 13.5. The Labute approximate surface area is 198 Å². The highest BCUT2D eigenvalue weighted by Crippen LogP contribution is 2.49. The van der Waals surface area contributed by atoms with Gasteiger partial charge in [0, 0.05) is 40.5 Å². The zero-order valence-electron chi connectivity index (χ0n) is 19.3. The molecule has 4 heteroatoms. The number of carbonyl (C=O) groups excluding carboxylic acids is 1. The van der Waals surface area contributed by atoms with E-state index in [1.54, 1.807) is 0 Å². The number of hydrogen-bond acceptors (Lipinski definition) is 4. The predicted octanol–water partition coefficient (Wildman–Crippen LogP) is 6.28. The number of aliphatic imine (C=N–C) groups is 1. The lowest BCUT2D eigenvalue weighted by atomic mass is 9.78. The van der Waals surface area contributed by atoms with Crippen molar-refractivity contribution in [2.24, 2.45) is 4.99 Å². The second kappa shape index (κ2) is 7.16. The summed E-state index contributed by atoms with van der Waals surface area (Å²) >= 11 is 0. The van der Waals surface area contributed by atoms with E-state index in [-0.39, 0.29) is 17.0 Å². The number of Topliss-reactive ketones (excluding diaryl/α,β-unsaturated/α-hetero) is 1. The van der Waals surface area contributed by atoms with Crippen molar-refractivity contribution < 1.29 is 9.90 Å². The van der Waals surface area contributed by atoms with Crippen molar-refractivity contribution in [3.8, 4) is 0 Å². The molecule has 0 amide bonds. The second-order valence-electron chi connectivity index (χ2n) is 9.42. The maximum absolute atomic E-state index is 13.5. The first-order valence-corrected chi connectivity index (χ1v) is 11.4. The van der Waals surface area contributed by atoms with Crippen LogP contribution in [0.3, 0.4) is 0 Å². The number of aliphatic hydroxyl groups excluding tert-OH is 1. The van der Waals surface area contributed by atoms with Gasteiger partial charge in [0.15, 0.2) is 0 Å². The molecule has 34 heavy (non-hydrogen) atoms. The molecule has 0 atom stereocenters. The minimum Gasteiger partial charge on any atom is -0.506 e. The molecule has 0 spiro atoms. The van der Waals surface area contributed by atoms with Crippen LogP contribution in [0.4, 0.5) is 11.4 Å². The molecule has 0 saturated heterocycles. The normalized spacial score (nSPS) is 21.5. The molecule has 3 aromatic rings. The van der Waals surface area contributed by atoms with Gasteiger partial charge in [0.2, 0.25) is 5.78 Å². The molecule has 3 aliphatic rings. The molecule has 1 N–H and O–H groups in total. The van der Waals surface area contributed by atoms with E-state index >= 15 is 0 Å². The van der Waals surface area contributed by atoms with Gasteiger partial charge < -0.3 is 10.0 Å². The van der Waals surface area contributed by atoms with E-state index in [2.05, 4.69) is 30.9 Å². The van der Waals surface area contributed by atoms with Crippen molar-refractivity contribution in [1.82, 2.24) is 0 Å². The lowest BCUT2D eigenvalue weighted by molar-refractivity contribution is -0.113. The van der Waals surface area contributed by atoms with Gasteiger partial charge in [-0.1, -0.05) is 80.6 Å². The Balaban J connectivity index is 1.50. The fourth-order valence-electron chi connectivity index (χ4n) is 5.33. The van der Waals surface area contributed by atoms with E-state index in [0.29, 0.717) is 22.4 Å². The van der Waals surface area contributed by atoms with Crippen LogP contribution in [-0.2, 0) is 10.2 Å². The summed E-state index contributed by atoms with van der Waals surface area (Å²) in [6.45, 7) is 4.29. The van der Waals surface area contributed by atoms with Gasteiger partial charge in [-0.3, -0.25) is 4.79 Å². The molecule has 2 aliphatic heterocycles. The Morgan fingerprint density at radius 1 is 0.882 bits per heavy atom. The molecule has 2 heterocycles. The lowest BCUT2D eigenvalue weighted by Gasteiger charge is -2.28. The molecule has 0 radical (unpaired) electrons. The van der Waals surface area contributed by atoms with Crippen LogP contribution in [0, 0.1) is 0 Å². The van der Waals surface area contributed by atoms with Crippen molar-refractivity contribution in [3.63, 3.8) is 0 Å². The SMILES string of the molecule is CN1/C(=C\C2=C(O)C(=C3/C(c4ccccc4)=Nc4ccccc43)/C2=O)C(C)(C)c2ccccc21. The third-order valence-electron chi connectivity index (χ3n) is 7.12. The zero-order valence-corrected chi connectivity index (χ0v) is 19.3. The molecular weight excluding hydrogens is 420 g/mol. The number of nitrogens with zero attached hydrogens (tertiary/aromatic N) is 2. The van der Waals surface area contributed by atoms with Gasteiger partial charge in [-0.05, 0) is 23.8 Å². The first kappa shape index (κ1) is 20.4. The number of benzene rings is 3. The first-order valence-electron chi connectivity index (χ1n) is 11.4. The summed E-state index contributed by atoms with van der Waals surface area (Å²) < 4.78 is 0. The van der Waals surface area contributed by atoms with E-state index in [1.807, 2.05) is 79.9 Å². The Morgan fingerprint density at radius 3 is 2.29 bits per heavy atom. The molecule has 0 aromatic heterocycles. The van der Waals surface area contributed by atoms with Crippen molar-refractivity contribution in [3.05, 3.63) is 124 Å². The van der Waals surface area contributed by atoms with Gasteiger partial charge in [-0.25, -0.2) is 4.99 Å². The highest BCUT2D eigenvalue weighted by molar-refractivity contribution is 6.43. The summed E-state index contributed by atoms with van der Waals surface area (Å²) in [4.78, 5) is 20.5. The number of likely N-dealkylation sites (N-methyl/N-ethyl adjacent to an activating group) is 1. The van der Waals surface area contributed by atoms with E-state index in [0.717, 1.165) is 28.2 Å². The van der Waals surface area contributed by atoms with Crippen LogP contribution in [0.1, 0.15) is 30.5 Å². The van der Waals surface area contributed by atoms with Gasteiger partial charge >= 0.3 is 0 Å². The summed E-state index contributed by atoms with van der Waals surface area (Å²) in [6, 6.07) is 25.8. The van der Waals surface area contributed by atoms with Gasteiger partial charge in [-0.2, -0.15) is 0 Å². The van der Waals surface area contributed by atoms with Gasteiger partial charge in [0.1, 0.15) is 5.76 Å². The number of allylic oxidation sites excluding steroid dienone is 5. The van der Waals surface area contributed by atoms with Crippen molar-refractivity contribution in [2.75, 3.05) is 11.9 Å². The Hall–Kier alpha value is -4.18. The molecule has 166 valence electrons. The van der Waals surface area contributed by atoms with Crippen LogP contribution in [0.5, 0.6) is 0 Å². The number of carbonyl (C=O) groups is 1. The summed E-state index contributed by atoms with van der Waals surface area (Å²) in [7, 11) is 2.01. The largest absolute Gasteiger partial charge is 0.506 e. The fraction of sp³-hybridized carbons (Fsp3) is 0.133. The quantitative estimate of drug-likeness (QED) is 0.473. The number of rotatable bonds is 2. The molecule has 0 unspecified atom stereocenters. The number of ketones is 1. The Morgan fingerprint density at radius 2 is 1.56 bits per heavy atom. The molecule has 0 fully saturated rings. The van der Waals surface area contributed by atoms with Crippen molar-refractivity contribution in [1.29, 1.82) is 0 Å². The number of para-hydroxylation sites is 2. The molecule has 6 rings (SSSR count). The van der Waals surface area contributed by atoms with Crippen LogP contribution in [0.25, 0.3) is 5.57 Å². The molecule has 4 nitrogen and oxygen atoms in total. The number of aliphatic hydroxyl groups is 1. The van der Waals surface area contributed by atoms with Gasteiger partial charge in [0.05, 0.1) is 22.5 Å². The maximum Gasteiger partial charge on any atom is 0.201 e. The molecule has 0 bridgehead atoms. The topological polar surface area (TPSA) is 52.9 Å². The monoisotopic (exact) mass is 444 g/mol. The second-order valence-corrected chi connectivity index (χ2v) is 9.42. The lowest BCUT2D eigenvalue weighted by Crippen LogP contribution is -2.28. The van der Waals surface area contributed by atoms with E-state index in [4.69, 9.17) is 4.99 Å². The average molecular weight is 445 g/mol. The van der Waals surface area contributed by atoms with Crippen LogP contribution in [0.15, 0.2) is 113 Å². The smallest absolute Gasteiger partial charge is 0.201 e. The third kappa shape index (κ3) is 2.72. The van der Waals surface area contributed by atoms with Crippen molar-refractivity contribution in [2.45, 2.75) is 19.3 Å². The summed E-state index contributed by atoms with van der Waals surface area (Å²) in [6.07, 6.45) is 1.85. The fourth-order valence-corrected chi connectivity index (χ4v) is 5.33. The first-order chi connectivity index (χ1) is 16.4. The number of fused-ring (bicyclic) bond motifs is 2. The van der Waals surface area contributed by atoms with E-state index < -0.39 is 0 Å². The van der Waals surface area contributed by atoms with Crippen LogP contribution in [-0.4, -0.2) is 23.6 Å². The highest BCUT2D eigenvalue weighted by Gasteiger charge is 2.43. The molecule has 3 aromatic carbocycles. The summed E-state index contributed by atoms with van der Waals surface area (Å²) in [5.41, 5.74) is 7.73. The van der Waals surface area contributed by atoms with Gasteiger partial charge in [-0.15, -0.1) is 0 Å². The van der Waals surface area contributed by atoms with E-state index in [1.165, 1.54) is 5.56 Å². The Kier molecular flexibility index (Phi) is 4.30. The minimum atomic E-state index is -0.279. The van der Waals surface area contributed by atoms with Crippen LogP contribution in [0.2, 0.25) is 0 Å². The average Bonchev–Trinajstić information content (AvgIpc) is 3.32. The zero-order chi connectivity index (χ0) is 23.6. The summed E-state index contributed by atoms with van der Waals surface area (Å²) in [5, 5.41) is 11.2. The molecule has 1 aliphatic carbocycles. The number of hydrogen-bond donors (Lipinski definition) is 1. The highest BCUT2D eigenvalue weighted by atomic mass is 16.3. The van der Waals surface area contributed by atoms with E-state index in [9.17, 15) is 9.90 Å². The third-order valence-corrected chi connectivity index (χ3v) is 7.12. The van der Waals surface area contributed by atoms with Crippen LogP contribution >= 0.6 is 0 Å². The van der Waals surface area contributed by atoms with Crippen LogP contribution < -0.4 is 4.90 Å². The molecule has 0 saturated carbocycles. The standard InChI is InChI=1S/C30H24N2O2/c1-30(2)21-14-8-10-16-23(21)32(3)24(30)17-20-28(33)26(29(20)34)25-19-13-7-9-15-22(19)31-27(25)18-11-5-4-6-12-18/h4-17,33H,1-3H3/b24-17-,26-25-. The van der Waals surface area contributed by atoms with Gasteiger partial charge in [0.25, 0.3) is 0 Å². The summed E-state index contributed by atoms with van der Waals surface area (Å²) in [5.74, 6) is -0.117. The molecular formula is C30H24N2O2. The predicted molar refractivity (Wildman–Crippen MR) is 137 cm³/mol. The number of anilines is 1. The minimum absolute atomic E-state index is 0.0352.